The zero-order valence-corrected chi connectivity index (χ0v) is 28.8. The van der Waals surface area contributed by atoms with Crippen molar-refractivity contribution in [3.05, 3.63) is 120 Å². The van der Waals surface area contributed by atoms with Gasteiger partial charge in [-0.1, -0.05) is 72.8 Å². The van der Waals surface area contributed by atoms with E-state index in [9.17, 15) is 17.6 Å². The average Bonchev–Trinajstić information content (AvgIpc) is 2.99. The van der Waals surface area contributed by atoms with E-state index in [0.29, 0.717) is 27.9 Å². The number of hydrogen-bond donors (Lipinski definition) is 1. The summed E-state index contributed by atoms with van der Waals surface area (Å²) in [6.07, 6.45) is -2.25. The summed E-state index contributed by atoms with van der Waals surface area (Å²) in [6.45, 7) is 8.48. The van der Waals surface area contributed by atoms with Crippen molar-refractivity contribution >= 4 is 39.9 Å². The predicted molar refractivity (Wildman–Crippen MR) is 189 cm³/mol. The van der Waals surface area contributed by atoms with Crippen molar-refractivity contribution in [2.75, 3.05) is 35.2 Å². The quantitative estimate of drug-likeness (QED) is 0.110. The molecule has 0 aromatic heterocycles. The molecule has 10 heteroatoms. The van der Waals surface area contributed by atoms with Crippen molar-refractivity contribution in [1.82, 2.24) is 15.1 Å². The van der Waals surface area contributed by atoms with Gasteiger partial charge in [0.05, 0.1) is 28.2 Å². The molecule has 0 aliphatic heterocycles. The lowest BCUT2D eigenvalue weighted by atomic mass is 9.13. The first-order valence-corrected chi connectivity index (χ1v) is 15.7. The summed E-state index contributed by atoms with van der Waals surface area (Å²) in [5, 5.41) is 3.41. The first-order valence-electron chi connectivity index (χ1n) is 15.7. The number of hydrogen-bond acceptors (Lipinski definition) is 1. The summed E-state index contributed by atoms with van der Waals surface area (Å²) in [5.41, 5.74) is 1.97. The topological polar surface area (TPSA) is 33.9 Å². The number of halogens is 4. The summed E-state index contributed by atoms with van der Waals surface area (Å²) in [5.74, 6) is -0.0360. The van der Waals surface area contributed by atoms with Gasteiger partial charge < -0.3 is 4.90 Å². The summed E-state index contributed by atoms with van der Waals surface area (Å²) in [7, 11) is 10.1. The van der Waals surface area contributed by atoms with Crippen LogP contribution in [-0.4, -0.2) is 79.8 Å². The molecule has 4 aromatic carbocycles. The largest absolute Gasteiger partial charge is 0.354 e. The van der Waals surface area contributed by atoms with Crippen LogP contribution in [0.15, 0.2) is 102 Å². The second kappa shape index (κ2) is 16.3. The molecular weight excluding hydrogens is 601 g/mol. The third-order valence-electron chi connectivity index (χ3n) is 7.95. The molecule has 0 heterocycles. The molecule has 0 saturated heterocycles. The minimum absolute atomic E-state index is 0.263. The summed E-state index contributed by atoms with van der Waals surface area (Å²) >= 11 is 0. The van der Waals surface area contributed by atoms with Crippen LogP contribution in [0.4, 0.5) is 17.6 Å². The lowest BCUT2D eigenvalue weighted by Crippen LogP contribution is -2.75. The molecule has 0 saturated carbocycles. The van der Waals surface area contributed by atoms with E-state index in [1.165, 1.54) is 48.5 Å². The van der Waals surface area contributed by atoms with Crippen LogP contribution >= 0.6 is 0 Å². The summed E-state index contributed by atoms with van der Waals surface area (Å²) in [6, 6.07) is 24.2. The van der Waals surface area contributed by atoms with Crippen LogP contribution in [0.1, 0.15) is 27.7 Å². The van der Waals surface area contributed by atoms with Crippen molar-refractivity contribution in [2.45, 2.75) is 39.8 Å². The van der Waals surface area contributed by atoms with Gasteiger partial charge in [0, 0.05) is 19.1 Å². The zero-order chi connectivity index (χ0) is 34.9. The van der Waals surface area contributed by atoms with Crippen LogP contribution in [-0.2, 0) is 0 Å². The Hall–Kier alpha value is -4.60. The maximum Gasteiger partial charge on any atom is 0.354 e. The normalized spacial score (nSPS) is 11.6. The molecule has 250 valence electrons. The third kappa shape index (κ3) is 9.24. The van der Waals surface area contributed by atoms with Gasteiger partial charge in [-0.15, -0.1) is 0 Å². The van der Waals surface area contributed by atoms with E-state index in [-0.39, 0.29) is 6.04 Å². The van der Waals surface area contributed by atoms with Gasteiger partial charge in [0.25, 0.3) is 5.96 Å². The van der Waals surface area contributed by atoms with Crippen LogP contribution in [0, 0.1) is 23.3 Å². The van der Waals surface area contributed by atoms with Crippen molar-refractivity contribution in [3.63, 3.8) is 0 Å². The van der Waals surface area contributed by atoms with Crippen molar-refractivity contribution in [1.29, 1.82) is 0 Å². The van der Waals surface area contributed by atoms with Crippen LogP contribution in [0.5, 0.6) is 0 Å². The number of nitrogens with one attached hydrogen (secondary N) is 1. The summed E-state index contributed by atoms with van der Waals surface area (Å²) < 4.78 is 59.1. The number of benzene rings is 4. The van der Waals surface area contributed by atoms with E-state index in [0.717, 1.165) is 11.9 Å². The monoisotopic (exact) mass is 647 g/mol. The Labute approximate surface area is 277 Å². The second-order valence-corrected chi connectivity index (χ2v) is 12.6. The molecular formula is C37H46BF4N5. The van der Waals surface area contributed by atoms with E-state index >= 15 is 0 Å². The number of rotatable bonds is 6. The molecule has 0 fully saturated rings. The maximum absolute atomic E-state index is 14.3. The minimum Gasteiger partial charge on any atom is -0.330 e. The Bertz CT molecular complexity index is 1510. The molecule has 0 aliphatic carbocycles. The Kier molecular flexibility index (Phi) is 12.8. The molecule has 0 radical (unpaired) electrons. The number of nitrogens with zero attached hydrogens (tertiary/aromatic N) is 4. The average molecular weight is 648 g/mol. The standard InChI is InChI=1S/C24H16BF4.C13H29N5/c26-21-9-1-5-17(13-21)25(18-6-2-10-22(27)14-18,19-7-3-11-23(28)15-19)20-8-4-12-24(29)16-20;1-10(2)14-12(18(9)11(3)4)15-13(16(5)6)17(7)8/h1-16H;10-11H,1-9H3/q-1;/p+1. The Morgan fingerprint density at radius 1 is 0.638 bits per heavy atom. The lowest BCUT2D eigenvalue weighted by Gasteiger charge is -2.44. The van der Waals surface area contributed by atoms with Gasteiger partial charge in [-0.3, -0.25) is 9.48 Å². The number of aliphatic imine (C=N–C) groups is 1. The molecule has 0 unspecified atom stereocenters. The van der Waals surface area contributed by atoms with Crippen LogP contribution < -0.4 is 27.2 Å². The van der Waals surface area contributed by atoms with Gasteiger partial charge >= 0.3 is 5.96 Å². The first kappa shape index (κ1) is 36.9. The Morgan fingerprint density at radius 3 is 1.21 bits per heavy atom. The molecule has 5 nitrogen and oxygen atoms in total. The molecule has 47 heavy (non-hydrogen) atoms. The fourth-order valence-electron chi connectivity index (χ4n) is 5.68. The van der Waals surface area contributed by atoms with Gasteiger partial charge in [0.1, 0.15) is 29.4 Å². The van der Waals surface area contributed by atoms with E-state index < -0.39 is 29.4 Å². The molecule has 4 rings (SSSR count). The minimum atomic E-state index is -2.25. The van der Waals surface area contributed by atoms with Gasteiger partial charge in [-0.2, -0.15) is 21.9 Å². The van der Waals surface area contributed by atoms with E-state index in [1.54, 1.807) is 48.5 Å². The first-order chi connectivity index (χ1) is 22.2. The molecule has 1 N–H and O–H groups in total. The van der Waals surface area contributed by atoms with E-state index in [1.807, 2.05) is 37.7 Å². The highest BCUT2D eigenvalue weighted by Crippen LogP contribution is 2.13. The van der Waals surface area contributed by atoms with E-state index in [4.69, 9.17) is 0 Å². The predicted octanol–water partition coefficient (Wildman–Crippen LogP) is 4.49. The van der Waals surface area contributed by atoms with Crippen LogP contribution in [0.2, 0.25) is 0 Å². The van der Waals surface area contributed by atoms with Crippen LogP contribution in [0.3, 0.4) is 0 Å². The highest BCUT2D eigenvalue weighted by atomic mass is 19.1. The Morgan fingerprint density at radius 2 is 0.979 bits per heavy atom. The molecule has 0 spiro atoms. The van der Waals surface area contributed by atoms with Gasteiger partial charge in [0.15, 0.2) is 0 Å². The van der Waals surface area contributed by atoms with E-state index in [2.05, 4.69) is 50.0 Å². The van der Waals surface area contributed by atoms with Gasteiger partial charge in [-0.25, -0.2) is 27.9 Å². The molecule has 4 aromatic rings. The molecule has 0 aliphatic rings. The highest BCUT2D eigenvalue weighted by molar-refractivity contribution is 7.19. The van der Waals surface area contributed by atoms with Crippen molar-refractivity contribution in [2.24, 2.45) is 4.99 Å². The highest BCUT2D eigenvalue weighted by Gasteiger charge is 2.33. The fourth-order valence-corrected chi connectivity index (χ4v) is 5.68. The third-order valence-corrected chi connectivity index (χ3v) is 7.95. The lowest BCUT2D eigenvalue weighted by molar-refractivity contribution is -0.471. The summed E-state index contributed by atoms with van der Waals surface area (Å²) in [4.78, 5) is 8.85. The van der Waals surface area contributed by atoms with Crippen LogP contribution in [0.25, 0.3) is 0 Å². The second-order valence-electron chi connectivity index (χ2n) is 12.6. The van der Waals surface area contributed by atoms with Gasteiger partial charge in [-0.05, 0) is 52.0 Å². The fraction of sp³-hybridized carbons (Fsp3) is 0.297. The maximum atomic E-state index is 14.3. The zero-order valence-electron chi connectivity index (χ0n) is 28.8. The van der Waals surface area contributed by atoms with Crippen molar-refractivity contribution in [3.8, 4) is 0 Å². The smallest absolute Gasteiger partial charge is 0.330 e. The Balaban J connectivity index is 0.000000290. The molecule has 0 atom stereocenters. The van der Waals surface area contributed by atoms with Crippen molar-refractivity contribution < 1.29 is 22.1 Å². The molecule has 0 bridgehead atoms. The number of guanidine groups is 2. The SMILES string of the molecule is CC(C)N=C(NC(N(C)C)=[N+](C)C)N(C)C(C)C.Fc1cccc([B-](c2cccc(F)c2)(c2cccc(F)c2)c2cccc(F)c2)c1. The van der Waals surface area contributed by atoms with Gasteiger partial charge in [0.2, 0.25) is 0 Å². The molecule has 0 amide bonds.